The summed E-state index contributed by atoms with van der Waals surface area (Å²) in [6.07, 6.45) is 5.61. The zero-order chi connectivity index (χ0) is 23.5. The number of hydrogen-bond donors (Lipinski definition) is 2. The van der Waals surface area contributed by atoms with Gasteiger partial charge in [0.05, 0.1) is 0 Å². The first-order chi connectivity index (χ1) is 15.9. The highest BCUT2D eigenvalue weighted by atomic mass is 19.1. The van der Waals surface area contributed by atoms with Crippen LogP contribution in [0.15, 0.2) is 24.3 Å². The molecule has 2 atom stereocenters. The Kier molecular flexibility index (Phi) is 7.00. The van der Waals surface area contributed by atoms with E-state index in [4.69, 9.17) is 0 Å². The van der Waals surface area contributed by atoms with Gasteiger partial charge in [-0.15, -0.1) is 0 Å². The maximum atomic E-state index is 13.5. The molecule has 4 rings (SSSR count). The summed E-state index contributed by atoms with van der Waals surface area (Å²) in [5, 5.41) is 3.64. The molecule has 0 bridgehead atoms. The fraction of sp³-hybridized carbons (Fsp3) is 0.560. The molecule has 1 aliphatic carbocycles. The number of aromatic nitrogens is 1. The Labute approximate surface area is 193 Å². The summed E-state index contributed by atoms with van der Waals surface area (Å²) < 4.78 is 13.5. The number of halogens is 1. The van der Waals surface area contributed by atoms with Gasteiger partial charge in [0.25, 0.3) is 5.91 Å². The number of carbonyl (C=O) groups excluding carboxylic acids is 3. The Morgan fingerprint density at radius 2 is 1.91 bits per heavy atom. The highest BCUT2D eigenvalue weighted by Crippen LogP contribution is 2.28. The molecule has 1 aliphatic heterocycles. The van der Waals surface area contributed by atoms with Gasteiger partial charge in [0, 0.05) is 43.0 Å². The lowest BCUT2D eigenvalue weighted by Crippen LogP contribution is -2.60. The van der Waals surface area contributed by atoms with Crippen LogP contribution in [-0.4, -0.2) is 64.2 Å². The number of piperazine rings is 1. The fourth-order valence-electron chi connectivity index (χ4n) is 5.15. The highest BCUT2D eigenvalue weighted by molar-refractivity contribution is 5.98. The van der Waals surface area contributed by atoms with Gasteiger partial charge < -0.3 is 20.1 Å². The number of benzene rings is 1. The number of carbonyl (C=O) groups is 3. The number of hydrogen-bond acceptors (Lipinski definition) is 3. The minimum Gasteiger partial charge on any atom is -0.351 e. The standard InChI is InChI=1S/C25H33FN4O3/c1-3-22(31)28-23(17-7-5-4-6-8-17)25(33)29-11-12-30(16(2)15-29)24(32)21-14-18-13-19(26)9-10-20(18)27-21/h9-10,13-14,16-17,23,27H,3-8,11-12,15H2,1-2H3,(H,28,31)/t16-,23-/m0/s1. The molecule has 8 heteroatoms. The Morgan fingerprint density at radius 1 is 1.15 bits per heavy atom. The van der Waals surface area contributed by atoms with Crippen molar-refractivity contribution in [3.8, 4) is 0 Å². The summed E-state index contributed by atoms with van der Waals surface area (Å²) in [5.41, 5.74) is 1.13. The summed E-state index contributed by atoms with van der Waals surface area (Å²) in [4.78, 5) is 45.4. The number of H-pyrrole nitrogens is 1. The molecular weight excluding hydrogens is 423 g/mol. The van der Waals surface area contributed by atoms with Crippen LogP contribution in [0.1, 0.15) is 62.9 Å². The molecule has 2 heterocycles. The van der Waals surface area contributed by atoms with Gasteiger partial charge in [0.2, 0.25) is 11.8 Å². The van der Waals surface area contributed by atoms with Gasteiger partial charge in [0.15, 0.2) is 0 Å². The first kappa shape index (κ1) is 23.3. The molecule has 0 unspecified atom stereocenters. The highest BCUT2D eigenvalue weighted by Gasteiger charge is 2.37. The monoisotopic (exact) mass is 456 g/mol. The lowest BCUT2D eigenvalue weighted by molar-refractivity contribution is -0.140. The minimum atomic E-state index is -0.490. The van der Waals surface area contributed by atoms with Gasteiger partial charge >= 0.3 is 0 Å². The van der Waals surface area contributed by atoms with E-state index in [9.17, 15) is 18.8 Å². The number of rotatable bonds is 5. The molecular formula is C25H33FN4O3. The van der Waals surface area contributed by atoms with Gasteiger partial charge in [-0.05, 0) is 49.9 Å². The van der Waals surface area contributed by atoms with Gasteiger partial charge in [-0.2, -0.15) is 0 Å². The smallest absolute Gasteiger partial charge is 0.270 e. The van der Waals surface area contributed by atoms with E-state index in [2.05, 4.69) is 10.3 Å². The second-order valence-electron chi connectivity index (χ2n) is 9.34. The molecule has 2 aliphatic rings. The second-order valence-corrected chi connectivity index (χ2v) is 9.34. The van der Waals surface area contributed by atoms with Crippen LogP contribution in [0.25, 0.3) is 10.9 Å². The van der Waals surface area contributed by atoms with Crippen LogP contribution in [0.2, 0.25) is 0 Å². The normalized spacial score (nSPS) is 20.6. The Hall–Kier alpha value is -2.90. The van der Waals surface area contributed by atoms with E-state index >= 15 is 0 Å². The molecule has 1 saturated carbocycles. The average molecular weight is 457 g/mol. The van der Waals surface area contributed by atoms with Crippen molar-refractivity contribution in [1.29, 1.82) is 0 Å². The van der Waals surface area contributed by atoms with Crippen LogP contribution in [0, 0.1) is 11.7 Å². The molecule has 0 spiro atoms. The SMILES string of the molecule is CCC(=O)N[C@H](C(=O)N1CCN(C(=O)c2cc3cc(F)ccc3[nH]2)[C@@H](C)C1)C1CCCCC1. The first-order valence-corrected chi connectivity index (χ1v) is 12.0. The number of amides is 3. The summed E-state index contributed by atoms with van der Waals surface area (Å²) >= 11 is 0. The Balaban J connectivity index is 1.44. The van der Waals surface area contributed by atoms with Crippen molar-refractivity contribution < 1.29 is 18.8 Å². The number of aromatic amines is 1. The summed E-state index contributed by atoms with van der Waals surface area (Å²) in [5.74, 6) is -0.471. The summed E-state index contributed by atoms with van der Waals surface area (Å²) in [7, 11) is 0. The maximum absolute atomic E-state index is 13.5. The predicted molar refractivity (Wildman–Crippen MR) is 124 cm³/mol. The molecule has 1 aromatic carbocycles. The van der Waals surface area contributed by atoms with Crippen molar-refractivity contribution >= 4 is 28.6 Å². The van der Waals surface area contributed by atoms with Crippen molar-refractivity contribution in [3.05, 3.63) is 35.8 Å². The Morgan fingerprint density at radius 3 is 2.61 bits per heavy atom. The topological polar surface area (TPSA) is 85.5 Å². The second kappa shape index (κ2) is 9.93. The maximum Gasteiger partial charge on any atom is 0.270 e. The van der Waals surface area contributed by atoms with E-state index in [1.54, 1.807) is 28.9 Å². The molecule has 7 nitrogen and oxygen atoms in total. The third kappa shape index (κ3) is 5.04. The third-order valence-corrected chi connectivity index (χ3v) is 7.04. The molecule has 3 amide bonds. The van der Waals surface area contributed by atoms with Crippen molar-refractivity contribution in [2.75, 3.05) is 19.6 Å². The average Bonchev–Trinajstić information content (AvgIpc) is 3.25. The first-order valence-electron chi connectivity index (χ1n) is 12.0. The number of nitrogens with zero attached hydrogens (tertiary/aromatic N) is 2. The lowest BCUT2D eigenvalue weighted by Gasteiger charge is -2.42. The zero-order valence-corrected chi connectivity index (χ0v) is 19.4. The van der Waals surface area contributed by atoms with Crippen LogP contribution in [0.3, 0.4) is 0 Å². The van der Waals surface area contributed by atoms with Crippen LogP contribution in [0.5, 0.6) is 0 Å². The van der Waals surface area contributed by atoms with Gasteiger partial charge in [-0.3, -0.25) is 14.4 Å². The van der Waals surface area contributed by atoms with E-state index < -0.39 is 6.04 Å². The molecule has 1 saturated heterocycles. The van der Waals surface area contributed by atoms with Gasteiger partial charge in [-0.1, -0.05) is 26.2 Å². The molecule has 2 aromatic rings. The lowest BCUT2D eigenvalue weighted by atomic mass is 9.83. The van der Waals surface area contributed by atoms with E-state index in [0.29, 0.717) is 42.7 Å². The van der Waals surface area contributed by atoms with Crippen LogP contribution >= 0.6 is 0 Å². The number of fused-ring (bicyclic) bond motifs is 1. The molecule has 178 valence electrons. The van der Waals surface area contributed by atoms with E-state index in [1.807, 2.05) is 6.92 Å². The zero-order valence-electron chi connectivity index (χ0n) is 19.4. The number of nitrogens with one attached hydrogen (secondary N) is 2. The fourth-order valence-corrected chi connectivity index (χ4v) is 5.15. The van der Waals surface area contributed by atoms with Crippen molar-refractivity contribution in [3.63, 3.8) is 0 Å². The molecule has 0 radical (unpaired) electrons. The van der Waals surface area contributed by atoms with E-state index in [0.717, 1.165) is 25.7 Å². The molecule has 2 N–H and O–H groups in total. The largest absolute Gasteiger partial charge is 0.351 e. The molecule has 1 aromatic heterocycles. The molecule has 33 heavy (non-hydrogen) atoms. The van der Waals surface area contributed by atoms with Crippen molar-refractivity contribution in [1.82, 2.24) is 20.1 Å². The van der Waals surface area contributed by atoms with Crippen LogP contribution in [-0.2, 0) is 9.59 Å². The summed E-state index contributed by atoms with van der Waals surface area (Å²) in [6, 6.07) is 5.39. The van der Waals surface area contributed by atoms with Gasteiger partial charge in [-0.25, -0.2) is 4.39 Å². The van der Waals surface area contributed by atoms with Crippen molar-refractivity contribution in [2.24, 2.45) is 5.92 Å². The van der Waals surface area contributed by atoms with Crippen LogP contribution < -0.4 is 5.32 Å². The Bertz CT molecular complexity index is 1030. The van der Waals surface area contributed by atoms with E-state index in [1.165, 1.54) is 18.6 Å². The van der Waals surface area contributed by atoms with E-state index in [-0.39, 0.29) is 35.5 Å². The quantitative estimate of drug-likeness (QED) is 0.723. The minimum absolute atomic E-state index is 0.0382. The summed E-state index contributed by atoms with van der Waals surface area (Å²) in [6.45, 7) is 4.98. The van der Waals surface area contributed by atoms with Crippen LogP contribution in [0.4, 0.5) is 4.39 Å². The molecule has 2 fully saturated rings. The van der Waals surface area contributed by atoms with Gasteiger partial charge in [0.1, 0.15) is 17.6 Å². The third-order valence-electron chi connectivity index (χ3n) is 7.04. The predicted octanol–water partition coefficient (Wildman–Crippen LogP) is 3.46. The van der Waals surface area contributed by atoms with Crippen molar-refractivity contribution in [2.45, 2.75) is 64.5 Å².